The van der Waals surface area contributed by atoms with Crippen LogP contribution in [0.2, 0.25) is 5.15 Å². The second kappa shape index (κ2) is 9.45. The fourth-order valence-electron chi connectivity index (χ4n) is 1.54. The van der Waals surface area contributed by atoms with E-state index in [1.165, 1.54) is 11.8 Å². The molecule has 0 spiro atoms. The minimum atomic E-state index is -0.562. The third-order valence-electron chi connectivity index (χ3n) is 2.80. The average molecular weight is 376 g/mol. The van der Waals surface area contributed by atoms with Crippen molar-refractivity contribution in [2.24, 2.45) is 5.41 Å². The van der Waals surface area contributed by atoms with Crippen molar-refractivity contribution in [3.05, 3.63) is 29.0 Å². The van der Waals surface area contributed by atoms with Gasteiger partial charge in [0.2, 0.25) is 4.38 Å². The Kier molecular flexibility index (Phi) is 8.29. The SMILES string of the molecule is CCOC(=S)SC(CCc1ccc(Cl)nc1)OC(=O)C(C)(C)C. The Morgan fingerprint density at radius 2 is 2.13 bits per heavy atom. The molecule has 1 aromatic heterocycles. The molecule has 0 aromatic carbocycles. The Bertz CT molecular complexity index is 529. The van der Waals surface area contributed by atoms with E-state index in [9.17, 15) is 4.79 Å². The number of hydrogen-bond donors (Lipinski definition) is 0. The molecule has 0 bridgehead atoms. The zero-order valence-corrected chi connectivity index (χ0v) is 16.2. The Labute approximate surface area is 152 Å². The van der Waals surface area contributed by atoms with Gasteiger partial charge in [0, 0.05) is 6.20 Å². The summed E-state index contributed by atoms with van der Waals surface area (Å²) in [5, 5.41) is 0.455. The summed E-state index contributed by atoms with van der Waals surface area (Å²) in [6.07, 6.45) is 3.04. The van der Waals surface area contributed by atoms with Crippen LogP contribution in [0.1, 0.15) is 39.7 Å². The first kappa shape index (κ1) is 20.2. The summed E-state index contributed by atoms with van der Waals surface area (Å²) in [5.41, 5.74) is 0.0685. The number of aryl methyl sites for hydroxylation is 1. The molecular formula is C16H22ClNO3S2. The first-order valence-corrected chi connectivity index (χ1v) is 9.04. The zero-order chi connectivity index (χ0) is 17.5. The molecule has 0 aliphatic rings. The number of carbonyl (C=O) groups is 1. The second-order valence-electron chi connectivity index (χ2n) is 5.91. The standard InChI is InChI=1S/C16H22ClNO3S2/c1-5-20-15(22)23-13(21-14(19)16(2,3)4)9-7-11-6-8-12(17)18-10-11/h6,8,10,13H,5,7,9H2,1-4H3. The summed E-state index contributed by atoms with van der Waals surface area (Å²) < 4.78 is 11.3. The van der Waals surface area contributed by atoms with Gasteiger partial charge in [-0.25, -0.2) is 4.98 Å². The summed E-state index contributed by atoms with van der Waals surface area (Å²) in [4.78, 5) is 16.2. The van der Waals surface area contributed by atoms with E-state index in [0.29, 0.717) is 29.0 Å². The van der Waals surface area contributed by atoms with Crippen LogP contribution in [0.3, 0.4) is 0 Å². The maximum absolute atomic E-state index is 12.1. The lowest BCUT2D eigenvalue weighted by molar-refractivity contribution is -0.154. The van der Waals surface area contributed by atoms with Crippen molar-refractivity contribution in [3.8, 4) is 0 Å². The van der Waals surface area contributed by atoms with Crippen LogP contribution in [-0.4, -0.2) is 27.4 Å². The average Bonchev–Trinajstić information content (AvgIpc) is 2.45. The fourth-order valence-corrected chi connectivity index (χ4v) is 2.86. The van der Waals surface area contributed by atoms with Gasteiger partial charge in [0.25, 0.3) is 0 Å². The molecule has 1 aromatic rings. The van der Waals surface area contributed by atoms with Crippen LogP contribution < -0.4 is 0 Å². The molecule has 0 aliphatic carbocycles. The highest BCUT2D eigenvalue weighted by Gasteiger charge is 2.27. The lowest BCUT2D eigenvalue weighted by Crippen LogP contribution is -2.28. The normalized spacial score (nSPS) is 12.6. The molecule has 1 rings (SSSR count). The van der Waals surface area contributed by atoms with Crippen molar-refractivity contribution in [1.29, 1.82) is 0 Å². The minimum absolute atomic E-state index is 0.261. The number of nitrogens with zero attached hydrogens (tertiary/aromatic N) is 1. The highest BCUT2D eigenvalue weighted by Crippen LogP contribution is 2.25. The van der Waals surface area contributed by atoms with Gasteiger partial charge in [0.15, 0.2) is 5.44 Å². The highest BCUT2D eigenvalue weighted by atomic mass is 35.5. The Hall–Kier alpha value is -0.850. The fraction of sp³-hybridized carbons (Fsp3) is 0.562. The monoisotopic (exact) mass is 375 g/mol. The van der Waals surface area contributed by atoms with Gasteiger partial charge in [0.1, 0.15) is 5.15 Å². The molecule has 0 aliphatic heterocycles. The molecule has 0 N–H and O–H groups in total. The molecule has 128 valence electrons. The van der Waals surface area contributed by atoms with Crippen molar-refractivity contribution in [1.82, 2.24) is 4.98 Å². The molecule has 0 amide bonds. The minimum Gasteiger partial charge on any atom is -0.479 e. The van der Waals surface area contributed by atoms with E-state index in [4.69, 9.17) is 33.3 Å². The number of ether oxygens (including phenoxy) is 2. The largest absolute Gasteiger partial charge is 0.479 e. The number of thioether (sulfide) groups is 1. The van der Waals surface area contributed by atoms with E-state index >= 15 is 0 Å². The lowest BCUT2D eigenvalue weighted by atomic mass is 9.97. The molecule has 23 heavy (non-hydrogen) atoms. The van der Waals surface area contributed by atoms with Crippen LogP contribution in [0.4, 0.5) is 0 Å². The van der Waals surface area contributed by atoms with E-state index in [1.54, 1.807) is 12.3 Å². The number of hydrogen-bond acceptors (Lipinski definition) is 6. The predicted molar refractivity (Wildman–Crippen MR) is 98.7 cm³/mol. The molecule has 7 heteroatoms. The van der Waals surface area contributed by atoms with Gasteiger partial charge in [-0.1, -0.05) is 17.7 Å². The van der Waals surface area contributed by atoms with E-state index in [1.807, 2.05) is 33.8 Å². The zero-order valence-electron chi connectivity index (χ0n) is 13.8. The van der Waals surface area contributed by atoms with Crippen LogP contribution in [0.5, 0.6) is 0 Å². The number of rotatable bonds is 6. The van der Waals surface area contributed by atoms with Crippen molar-refractivity contribution in [3.63, 3.8) is 0 Å². The Balaban J connectivity index is 2.67. The van der Waals surface area contributed by atoms with Crippen LogP contribution in [0.15, 0.2) is 18.3 Å². The molecule has 1 heterocycles. The summed E-state index contributed by atoms with van der Waals surface area (Å²) in [6, 6.07) is 3.65. The van der Waals surface area contributed by atoms with Crippen molar-refractivity contribution in [2.75, 3.05) is 6.61 Å². The number of carbonyl (C=O) groups excluding carboxylic acids is 1. The molecule has 0 saturated heterocycles. The second-order valence-corrected chi connectivity index (χ2v) is 8.06. The maximum atomic E-state index is 12.1. The smallest absolute Gasteiger partial charge is 0.312 e. The maximum Gasteiger partial charge on any atom is 0.312 e. The number of halogens is 1. The third-order valence-corrected chi connectivity index (χ3v) is 4.33. The molecule has 1 atom stereocenters. The number of aromatic nitrogens is 1. The first-order chi connectivity index (χ1) is 10.7. The van der Waals surface area contributed by atoms with Gasteiger partial charge in [-0.3, -0.25) is 4.79 Å². The predicted octanol–water partition coefficient (Wildman–Crippen LogP) is 4.64. The van der Waals surface area contributed by atoms with Gasteiger partial charge < -0.3 is 9.47 Å². The molecule has 0 fully saturated rings. The van der Waals surface area contributed by atoms with Gasteiger partial charge in [0.05, 0.1) is 12.0 Å². The topological polar surface area (TPSA) is 48.4 Å². The Morgan fingerprint density at radius 1 is 1.43 bits per heavy atom. The van der Waals surface area contributed by atoms with Gasteiger partial charge in [-0.15, -0.1) is 0 Å². The summed E-state index contributed by atoms with van der Waals surface area (Å²) in [7, 11) is 0. The lowest BCUT2D eigenvalue weighted by Gasteiger charge is -2.23. The summed E-state index contributed by atoms with van der Waals surface area (Å²) in [5.74, 6) is -0.261. The van der Waals surface area contributed by atoms with Crippen molar-refractivity contribution >= 4 is 45.9 Å². The van der Waals surface area contributed by atoms with Crippen LogP contribution in [0, 0.1) is 5.41 Å². The molecule has 1 unspecified atom stereocenters. The third kappa shape index (κ3) is 7.99. The number of thiocarbonyl (C=S) groups is 1. The Morgan fingerprint density at radius 3 is 2.65 bits per heavy atom. The van der Waals surface area contributed by atoms with E-state index in [0.717, 1.165) is 5.56 Å². The number of esters is 1. The highest BCUT2D eigenvalue weighted by molar-refractivity contribution is 8.22. The van der Waals surface area contributed by atoms with E-state index < -0.39 is 10.9 Å². The van der Waals surface area contributed by atoms with Gasteiger partial charge >= 0.3 is 5.97 Å². The van der Waals surface area contributed by atoms with Crippen LogP contribution >= 0.6 is 35.6 Å². The first-order valence-electron chi connectivity index (χ1n) is 7.37. The van der Waals surface area contributed by atoms with E-state index in [-0.39, 0.29) is 5.97 Å². The van der Waals surface area contributed by atoms with E-state index in [2.05, 4.69) is 4.98 Å². The molecule has 0 radical (unpaired) electrons. The van der Waals surface area contributed by atoms with Crippen LogP contribution in [0.25, 0.3) is 0 Å². The summed E-state index contributed by atoms with van der Waals surface area (Å²) >= 11 is 12.2. The number of pyridine rings is 1. The van der Waals surface area contributed by atoms with Gasteiger partial charge in [-0.05, 0) is 76.1 Å². The molecular weight excluding hydrogens is 354 g/mol. The van der Waals surface area contributed by atoms with Crippen molar-refractivity contribution < 1.29 is 14.3 Å². The van der Waals surface area contributed by atoms with Crippen LogP contribution in [-0.2, 0) is 20.7 Å². The van der Waals surface area contributed by atoms with Crippen molar-refractivity contribution in [2.45, 2.75) is 46.0 Å². The molecule has 0 saturated carbocycles. The van der Waals surface area contributed by atoms with Gasteiger partial charge in [-0.2, -0.15) is 0 Å². The molecule has 4 nitrogen and oxygen atoms in total. The summed E-state index contributed by atoms with van der Waals surface area (Å²) in [6.45, 7) is 7.82. The quantitative estimate of drug-likeness (QED) is 0.312.